The molecule has 4 unspecified atom stereocenters. The van der Waals surface area contributed by atoms with Crippen molar-refractivity contribution in [2.75, 3.05) is 26.4 Å². The normalized spacial score (nSPS) is 25.3. The van der Waals surface area contributed by atoms with E-state index in [1.54, 1.807) is 0 Å². The van der Waals surface area contributed by atoms with Crippen LogP contribution in [0.1, 0.15) is 245 Å². The minimum atomic E-state index is -1.76. The Morgan fingerprint density at radius 3 is 1.11 bits per heavy atom. The molecule has 0 radical (unpaired) electrons. The lowest BCUT2D eigenvalue weighted by molar-refractivity contribution is -0.332. The molecule has 0 aliphatic carbocycles. The number of aliphatic hydroxyl groups is 7. The summed E-state index contributed by atoms with van der Waals surface area (Å²) in [6.45, 7) is 2.64. The van der Waals surface area contributed by atoms with Gasteiger partial charge in [0.2, 0.25) is 0 Å². The smallest absolute Gasteiger partial charge is 0.306 e. The van der Waals surface area contributed by atoms with E-state index < -0.39 is 92.7 Å². The summed E-state index contributed by atoms with van der Waals surface area (Å²) >= 11 is 0. The molecule has 414 valence electrons. The Morgan fingerprint density at radius 2 is 0.729 bits per heavy atom. The lowest BCUT2D eigenvalue weighted by Gasteiger charge is -2.42. The number of carbonyl (C=O) groups is 2. The predicted octanol–water partition coefficient (Wildman–Crippen LogP) is 9.17. The van der Waals surface area contributed by atoms with Crippen LogP contribution < -0.4 is 0 Å². The van der Waals surface area contributed by atoms with Crippen LogP contribution in [0.5, 0.6) is 0 Å². The molecule has 0 bridgehead atoms. The maximum absolute atomic E-state index is 13.0. The summed E-state index contributed by atoms with van der Waals surface area (Å²) in [6, 6.07) is 0. The highest BCUT2D eigenvalue weighted by atomic mass is 16.7. The van der Waals surface area contributed by atoms with Crippen molar-refractivity contribution >= 4 is 11.9 Å². The average molecular weight is 1010 g/mol. The van der Waals surface area contributed by atoms with Crippen molar-refractivity contribution in [2.45, 2.75) is 313 Å². The molecule has 0 amide bonds. The quantitative estimate of drug-likeness (QED) is 0.0223. The van der Waals surface area contributed by atoms with Gasteiger partial charge in [0.15, 0.2) is 18.7 Å². The molecule has 70 heavy (non-hydrogen) atoms. The Labute approximate surface area is 423 Å². The molecule has 2 fully saturated rings. The number of esters is 2. The maximum atomic E-state index is 13.0. The molecule has 2 saturated heterocycles. The van der Waals surface area contributed by atoms with E-state index >= 15 is 0 Å². The summed E-state index contributed by atoms with van der Waals surface area (Å²) in [5.74, 6) is -0.907. The first kappa shape index (κ1) is 64.6. The van der Waals surface area contributed by atoms with Gasteiger partial charge in [0.1, 0.15) is 55.4 Å². The van der Waals surface area contributed by atoms with Crippen molar-refractivity contribution < 1.29 is 73.8 Å². The lowest BCUT2D eigenvalue weighted by Crippen LogP contribution is -2.61. The Hall–Kier alpha value is -1.50. The molecule has 0 aromatic heterocycles. The Kier molecular flexibility index (Phi) is 39.5. The van der Waals surface area contributed by atoms with E-state index in [0.717, 1.165) is 38.5 Å². The molecule has 0 saturated carbocycles. The predicted molar refractivity (Wildman–Crippen MR) is 271 cm³/mol. The van der Waals surface area contributed by atoms with Gasteiger partial charge in [0.25, 0.3) is 0 Å². The second-order valence-electron chi connectivity index (χ2n) is 20.5. The van der Waals surface area contributed by atoms with Crippen molar-refractivity contribution in [3.8, 4) is 0 Å². The molecule has 2 aliphatic rings. The van der Waals surface area contributed by atoms with Crippen LogP contribution in [0.15, 0.2) is 0 Å². The van der Waals surface area contributed by atoms with E-state index in [-0.39, 0.29) is 26.1 Å². The van der Waals surface area contributed by atoms with Gasteiger partial charge >= 0.3 is 11.9 Å². The highest BCUT2D eigenvalue weighted by Crippen LogP contribution is 2.27. The average Bonchev–Trinajstić information content (AvgIpc) is 3.35. The standard InChI is InChI=1S/C55H104O15/c1-3-5-7-9-11-13-15-17-18-19-20-21-22-23-24-25-26-28-30-32-34-36-38-47(58)68-43(40-65-46(57)37-35-33-31-29-27-16-14-12-10-8-6-4-2)41-66-54-53(64)51(62)49(60)45(70-54)42-67-55-52(63)50(61)48(59)44(39-56)69-55/h43-45,48-56,59-64H,3-42H2,1-2H3/t43-,44+,45+,48-,49-,50?,51?,52?,53?,54+,55+/m1/s1. The van der Waals surface area contributed by atoms with Gasteiger partial charge in [-0.05, 0) is 12.8 Å². The molecule has 11 atom stereocenters. The van der Waals surface area contributed by atoms with Crippen LogP contribution >= 0.6 is 0 Å². The second kappa shape index (κ2) is 42.8. The van der Waals surface area contributed by atoms with E-state index in [1.165, 1.54) is 167 Å². The van der Waals surface area contributed by atoms with Crippen LogP contribution in [0.25, 0.3) is 0 Å². The van der Waals surface area contributed by atoms with E-state index in [1.807, 2.05) is 0 Å². The fraction of sp³-hybridized carbons (Fsp3) is 0.964. The molecule has 15 nitrogen and oxygen atoms in total. The zero-order chi connectivity index (χ0) is 51.0. The van der Waals surface area contributed by atoms with E-state index in [0.29, 0.717) is 12.8 Å². The third-order valence-corrected chi connectivity index (χ3v) is 14.1. The van der Waals surface area contributed by atoms with Gasteiger partial charge in [-0.3, -0.25) is 9.59 Å². The van der Waals surface area contributed by atoms with Gasteiger partial charge in [-0.2, -0.15) is 0 Å². The fourth-order valence-corrected chi connectivity index (χ4v) is 9.40. The molecular formula is C55H104O15. The van der Waals surface area contributed by atoms with Crippen LogP contribution in [0.2, 0.25) is 0 Å². The van der Waals surface area contributed by atoms with Gasteiger partial charge < -0.3 is 64.2 Å². The minimum absolute atomic E-state index is 0.174. The van der Waals surface area contributed by atoms with Crippen molar-refractivity contribution in [3.63, 3.8) is 0 Å². The van der Waals surface area contributed by atoms with Crippen molar-refractivity contribution in [1.29, 1.82) is 0 Å². The molecule has 15 heteroatoms. The molecule has 2 rings (SSSR count). The van der Waals surface area contributed by atoms with E-state index in [9.17, 15) is 45.3 Å². The van der Waals surface area contributed by atoms with Gasteiger partial charge in [0.05, 0.1) is 19.8 Å². The minimum Gasteiger partial charge on any atom is -0.462 e. The molecule has 2 aliphatic heterocycles. The Morgan fingerprint density at radius 1 is 0.400 bits per heavy atom. The van der Waals surface area contributed by atoms with Gasteiger partial charge in [-0.25, -0.2) is 0 Å². The topological polar surface area (TPSA) is 231 Å². The largest absolute Gasteiger partial charge is 0.462 e. The zero-order valence-corrected chi connectivity index (χ0v) is 44.0. The van der Waals surface area contributed by atoms with Gasteiger partial charge in [0, 0.05) is 12.8 Å². The summed E-state index contributed by atoms with van der Waals surface area (Å²) in [4.78, 5) is 25.8. The van der Waals surface area contributed by atoms with Crippen LogP contribution in [0.3, 0.4) is 0 Å². The van der Waals surface area contributed by atoms with Crippen molar-refractivity contribution in [2.24, 2.45) is 0 Å². The Bertz CT molecular complexity index is 1230. The van der Waals surface area contributed by atoms with E-state index in [4.69, 9.17) is 28.4 Å². The van der Waals surface area contributed by atoms with Gasteiger partial charge in [-0.1, -0.05) is 219 Å². The maximum Gasteiger partial charge on any atom is 0.306 e. The molecule has 0 aromatic carbocycles. The monoisotopic (exact) mass is 1000 g/mol. The molecule has 7 N–H and O–H groups in total. The summed E-state index contributed by atoms with van der Waals surface area (Å²) in [6.07, 6.45) is 25.6. The number of unbranched alkanes of at least 4 members (excludes halogenated alkanes) is 32. The van der Waals surface area contributed by atoms with Crippen LogP contribution in [-0.4, -0.2) is 142 Å². The molecular weight excluding hydrogens is 901 g/mol. The first-order valence-corrected chi connectivity index (χ1v) is 28.6. The number of carbonyl (C=O) groups excluding carboxylic acids is 2. The van der Waals surface area contributed by atoms with Crippen LogP contribution in [0.4, 0.5) is 0 Å². The van der Waals surface area contributed by atoms with Crippen LogP contribution in [-0.2, 0) is 38.0 Å². The summed E-state index contributed by atoms with van der Waals surface area (Å²) in [7, 11) is 0. The van der Waals surface area contributed by atoms with Crippen molar-refractivity contribution in [1.82, 2.24) is 0 Å². The summed E-state index contributed by atoms with van der Waals surface area (Å²) < 4.78 is 33.7. The van der Waals surface area contributed by atoms with Gasteiger partial charge in [-0.15, -0.1) is 0 Å². The van der Waals surface area contributed by atoms with E-state index in [2.05, 4.69) is 13.8 Å². The lowest BCUT2D eigenvalue weighted by atomic mass is 9.98. The zero-order valence-electron chi connectivity index (χ0n) is 44.0. The summed E-state index contributed by atoms with van der Waals surface area (Å²) in [5, 5.41) is 72.2. The molecule has 0 spiro atoms. The number of aliphatic hydroxyl groups excluding tert-OH is 7. The fourth-order valence-electron chi connectivity index (χ4n) is 9.40. The number of hydrogen-bond acceptors (Lipinski definition) is 15. The Balaban J connectivity index is 1.73. The third-order valence-electron chi connectivity index (χ3n) is 14.1. The molecule has 0 aromatic rings. The first-order valence-electron chi connectivity index (χ1n) is 28.6. The highest BCUT2D eigenvalue weighted by Gasteiger charge is 2.47. The SMILES string of the molecule is CCCCCCCCCCCCCCCCCCCCCCCCC(=O)O[C@H](COC(=O)CCCCCCCCCCCCCC)CO[C@H]1O[C@@H](CO[C@H]2O[C@@H](CO)[C@@H](O)C(O)C2O)[C@@H](O)C(O)C1O. The van der Waals surface area contributed by atoms with Crippen molar-refractivity contribution in [3.05, 3.63) is 0 Å². The second-order valence-corrected chi connectivity index (χ2v) is 20.5. The summed E-state index contributed by atoms with van der Waals surface area (Å²) in [5.41, 5.74) is 0. The van der Waals surface area contributed by atoms with Crippen LogP contribution in [0, 0.1) is 0 Å². The first-order chi connectivity index (χ1) is 34.0. The number of rotatable bonds is 46. The third kappa shape index (κ3) is 30.0. The number of ether oxygens (including phenoxy) is 6. The molecule has 2 heterocycles. The highest BCUT2D eigenvalue weighted by molar-refractivity contribution is 5.70. The number of hydrogen-bond donors (Lipinski definition) is 7.